The van der Waals surface area contributed by atoms with Crippen molar-refractivity contribution in [3.63, 3.8) is 0 Å². The Bertz CT molecular complexity index is 1060. The van der Waals surface area contributed by atoms with Crippen molar-refractivity contribution in [2.24, 2.45) is 7.05 Å². The van der Waals surface area contributed by atoms with Crippen LogP contribution < -0.4 is 10.1 Å². The van der Waals surface area contributed by atoms with E-state index in [1.54, 1.807) is 16.9 Å². The minimum atomic E-state index is -0.0962. The predicted octanol–water partition coefficient (Wildman–Crippen LogP) is 3.88. The lowest BCUT2D eigenvalue weighted by atomic mass is 9.93. The van der Waals surface area contributed by atoms with Gasteiger partial charge in [0.2, 0.25) is 0 Å². The van der Waals surface area contributed by atoms with E-state index in [1.165, 1.54) is 6.21 Å². The third-order valence-corrected chi connectivity index (χ3v) is 4.79. The van der Waals surface area contributed by atoms with Crippen LogP contribution in [0.1, 0.15) is 41.5 Å². The molecule has 1 unspecified atom stereocenters. The smallest absolute Gasteiger partial charge is 0.140 e. The SMILES string of the molecule is Cn1cc(Nc2cc(OC3CCCc4nc(C#N)ccc43)ccc2C=N)cn1. The van der Waals surface area contributed by atoms with Crippen LogP contribution in [0.15, 0.2) is 42.7 Å². The number of hydrogen-bond donors (Lipinski definition) is 2. The average molecular weight is 372 g/mol. The van der Waals surface area contributed by atoms with E-state index in [0.29, 0.717) is 5.69 Å². The topological polar surface area (TPSA) is 99.6 Å². The Morgan fingerprint density at radius 3 is 3.00 bits per heavy atom. The number of rotatable bonds is 5. The van der Waals surface area contributed by atoms with E-state index in [9.17, 15) is 0 Å². The maximum absolute atomic E-state index is 9.07. The molecular formula is C21H20N6O. The second kappa shape index (κ2) is 7.53. The zero-order chi connectivity index (χ0) is 19.5. The second-order valence-corrected chi connectivity index (χ2v) is 6.76. The lowest BCUT2D eigenvalue weighted by Crippen LogP contribution is -2.17. The number of aryl methyl sites for hydroxylation is 2. The second-order valence-electron chi connectivity index (χ2n) is 6.76. The van der Waals surface area contributed by atoms with Crippen LogP contribution >= 0.6 is 0 Å². The Morgan fingerprint density at radius 2 is 2.25 bits per heavy atom. The number of nitrogens with one attached hydrogen (secondary N) is 2. The highest BCUT2D eigenvalue weighted by Crippen LogP contribution is 2.34. The van der Waals surface area contributed by atoms with Crippen LogP contribution in [-0.4, -0.2) is 21.0 Å². The fourth-order valence-electron chi connectivity index (χ4n) is 3.45. The number of fused-ring (bicyclic) bond motifs is 1. The molecule has 140 valence electrons. The number of anilines is 2. The zero-order valence-electron chi connectivity index (χ0n) is 15.5. The maximum Gasteiger partial charge on any atom is 0.140 e. The van der Waals surface area contributed by atoms with Crippen LogP contribution in [0, 0.1) is 16.7 Å². The fourth-order valence-corrected chi connectivity index (χ4v) is 3.45. The Kier molecular flexibility index (Phi) is 4.77. The van der Waals surface area contributed by atoms with E-state index in [0.717, 1.165) is 53.2 Å². The van der Waals surface area contributed by atoms with Gasteiger partial charge in [0.25, 0.3) is 0 Å². The first-order chi connectivity index (χ1) is 13.7. The molecule has 0 bridgehead atoms. The van der Waals surface area contributed by atoms with Crippen molar-refractivity contribution >= 4 is 17.6 Å². The third kappa shape index (κ3) is 3.58. The molecule has 0 radical (unpaired) electrons. The van der Waals surface area contributed by atoms with Gasteiger partial charge < -0.3 is 15.5 Å². The van der Waals surface area contributed by atoms with Crippen molar-refractivity contribution in [1.82, 2.24) is 14.8 Å². The van der Waals surface area contributed by atoms with Gasteiger partial charge in [-0.25, -0.2) is 4.98 Å². The lowest BCUT2D eigenvalue weighted by molar-refractivity contribution is 0.182. The van der Waals surface area contributed by atoms with Crippen LogP contribution in [-0.2, 0) is 13.5 Å². The molecule has 2 aromatic heterocycles. The van der Waals surface area contributed by atoms with Gasteiger partial charge in [-0.3, -0.25) is 4.68 Å². The van der Waals surface area contributed by atoms with Crippen molar-refractivity contribution < 1.29 is 4.74 Å². The molecule has 3 aromatic rings. The first-order valence-corrected chi connectivity index (χ1v) is 9.13. The van der Waals surface area contributed by atoms with Crippen LogP contribution in [0.5, 0.6) is 5.75 Å². The number of hydrogen-bond acceptors (Lipinski definition) is 6. The van der Waals surface area contributed by atoms with Crippen LogP contribution in [0.25, 0.3) is 0 Å². The van der Waals surface area contributed by atoms with Crippen LogP contribution in [0.4, 0.5) is 11.4 Å². The summed E-state index contributed by atoms with van der Waals surface area (Å²) in [7, 11) is 1.86. The Balaban J connectivity index is 1.60. The minimum Gasteiger partial charge on any atom is -0.486 e. The molecule has 1 aliphatic carbocycles. The molecule has 7 nitrogen and oxygen atoms in total. The molecule has 0 saturated carbocycles. The molecule has 2 heterocycles. The molecule has 0 amide bonds. The Hall–Kier alpha value is -3.66. The number of ether oxygens (including phenoxy) is 1. The molecule has 2 N–H and O–H groups in total. The molecule has 4 rings (SSSR count). The van der Waals surface area contributed by atoms with Gasteiger partial charge in [-0.1, -0.05) is 6.07 Å². The highest BCUT2D eigenvalue weighted by molar-refractivity contribution is 5.87. The van der Waals surface area contributed by atoms with Gasteiger partial charge in [0.15, 0.2) is 0 Å². The highest BCUT2D eigenvalue weighted by Gasteiger charge is 2.23. The molecular weight excluding hydrogens is 352 g/mol. The molecule has 0 spiro atoms. The quantitative estimate of drug-likeness (QED) is 0.662. The van der Waals surface area contributed by atoms with Gasteiger partial charge in [-0.2, -0.15) is 10.4 Å². The van der Waals surface area contributed by atoms with E-state index in [1.807, 2.05) is 37.5 Å². The zero-order valence-corrected chi connectivity index (χ0v) is 15.5. The lowest BCUT2D eigenvalue weighted by Gasteiger charge is -2.26. The van der Waals surface area contributed by atoms with Crippen molar-refractivity contribution in [2.75, 3.05) is 5.32 Å². The average Bonchev–Trinajstić information content (AvgIpc) is 3.12. The molecule has 7 heteroatoms. The number of pyridine rings is 1. The standard InChI is InChI=1S/C21H20N6O/c1-27-13-16(12-24-27)26-20-9-17(7-5-14(20)10-22)28-21-4-2-3-19-18(21)8-6-15(11-23)25-19/h5-10,12-13,21-22,26H,2-4H2,1H3. The summed E-state index contributed by atoms with van der Waals surface area (Å²) in [6.45, 7) is 0. The Labute approximate surface area is 163 Å². The largest absolute Gasteiger partial charge is 0.486 e. The predicted molar refractivity (Wildman–Crippen MR) is 106 cm³/mol. The minimum absolute atomic E-state index is 0.0962. The van der Waals surface area contributed by atoms with E-state index < -0.39 is 0 Å². The van der Waals surface area contributed by atoms with Crippen molar-refractivity contribution in [3.8, 4) is 11.8 Å². The number of nitrogens with zero attached hydrogens (tertiary/aromatic N) is 4. The summed E-state index contributed by atoms with van der Waals surface area (Å²) in [6, 6.07) is 11.4. The third-order valence-electron chi connectivity index (χ3n) is 4.79. The van der Waals surface area contributed by atoms with Crippen LogP contribution in [0.2, 0.25) is 0 Å². The summed E-state index contributed by atoms with van der Waals surface area (Å²) >= 11 is 0. The van der Waals surface area contributed by atoms with E-state index in [2.05, 4.69) is 21.5 Å². The molecule has 0 saturated heterocycles. The Morgan fingerprint density at radius 1 is 1.36 bits per heavy atom. The molecule has 1 aromatic carbocycles. The summed E-state index contributed by atoms with van der Waals surface area (Å²) in [4.78, 5) is 4.43. The van der Waals surface area contributed by atoms with Gasteiger partial charge in [0, 0.05) is 42.3 Å². The van der Waals surface area contributed by atoms with E-state index >= 15 is 0 Å². The highest BCUT2D eigenvalue weighted by atomic mass is 16.5. The van der Waals surface area contributed by atoms with Crippen LogP contribution in [0.3, 0.4) is 0 Å². The normalized spacial score (nSPS) is 15.4. The molecule has 0 fully saturated rings. The fraction of sp³-hybridized carbons (Fsp3) is 0.238. The molecule has 1 aliphatic rings. The first-order valence-electron chi connectivity index (χ1n) is 9.13. The van der Waals surface area contributed by atoms with Crippen molar-refractivity contribution in [2.45, 2.75) is 25.4 Å². The molecule has 0 aliphatic heterocycles. The first kappa shape index (κ1) is 17.7. The number of nitriles is 1. The maximum atomic E-state index is 9.07. The van der Waals surface area contributed by atoms with Gasteiger partial charge in [-0.05, 0) is 37.5 Å². The van der Waals surface area contributed by atoms with Crippen molar-refractivity contribution in [3.05, 3.63) is 65.2 Å². The van der Waals surface area contributed by atoms with Gasteiger partial charge in [-0.15, -0.1) is 0 Å². The summed E-state index contributed by atoms with van der Waals surface area (Å²) in [5.74, 6) is 0.721. The van der Waals surface area contributed by atoms with Gasteiger partial charge in [0.1, 0.15) is 23.6 Å². The van der Waals surface area contributed by atoms with Gasteiger partial charge in [0.05, 0.1) is 17.6 Å². The summed E-state index contributed by atoms with van der Waals surface area (Å²) in [5.41, 5.74) is 4.83. The molecule has 1 atom stereocenters. The summed E-state index contributed by atoms with van der Waals surface area (Å²) < 4.78 is 8.00. The monoisotopic (exact) mass is 372 g/mol. The number of aromatic nitrogens is 3. The summed E-state index contributed by atoms with van der Waals surface area (Å²) in [6.07, 6.45) is 7.56. The number of benzene rings is 1. The van der Waals surface area contributed by atoms with E-state index in [4.69, 9.17) is 15.4 Å². The van der Waals surface area contributed by atoms with E-state index in [-0.39, 0.29) is 6.10 Å². The summed E-state index contributed by atoms with van der Waals surface area (Å²) in [5, 5.41) is 24.2. The molecule has 28 heavy (non-hydrogen) atoms. The van der Waals surface area contributed by atoms with Gasteiger partial charge >= 0.3 is 0 Å². The van der Waals surface area contributed by atoms with Crippen molar-refractivity contribution in [1.29, 1.82) is 10.7 Å².